The van der Waals surface area contributed by atoms with Crippen LogP contribution in [0.3, 0.4) is 0 Å². The Labute approximate surface area is 87.3 Å². The quantitative estimate of drug-likeness (QED) is 0.430. The van der Waals surface area contributed by atoms with E-state index < -0.39 is 12.2 Å². The van der Waals surface area contributed by atoms with Crippen molar-refractivity contribution in [3.63, 3.8) is 0 Å². The third-order valence-corrected chi connectivity index (χ3v) is 0. The molecule has 0 rings (SSSR count). The zero-order chi connectivity index (χ0) is 7.15. The molecule has 9 heavy (non-hydrogen) atoms. The summed E-state index contributed by atoms with van der Waals surface area (Å²) < 4.78 is 0. The fourth-order valence-corrected chi connectivity index (χ4v) is 0. The summed E-state index contributed by atoms with van der Waals surface area (Å²) in [6.45, 7) is 6.44. The first-order valence-corrected chi connectivity index (χ1v) is 2.78. The Morgan fingerprint density at radius 3 is 0.778 bits per heavy atom. The van der Waals surface area contributed by atoms with Gasteiger partial charge < -0.3 is 10.2 Å². The minimum atomic E-state index is -0.417. The molecule has 0 radical (unpaired) electrons. The molecular weight excluding hydrogens is 144 g/mol. The van der Waals surface area contributed by atoms with Crippen LogP contribution in [0.2, 0.25) is 0 Å². The van der Waals surface area contributed by atoms with Gasteiger partial charge in [-0.15, -0.1) is 12.2 Å². The largest absolute Gasteiger partial charge is 2.00 e. The van der Waals surface area contributed by atoms with Gasteiger partial charge in [0, 0.05) is 0 Å². The summed E-state index contributed by atoms with van der Waals surface area (Å²) >= 11 is 0. The zero-order valence-electron chi connectivity index (χ0n) is 6.68. The molecule has 0 heterocycles. The van der Waals surface area contributed by atoms with Gasteiger partial charge in [0.1, 0.15) is 0 Å². The van der Waals surface area contributed by atoms with E-state index in [0.29, 0.717) is 0 Å². The minimum absolute atomic E-state index is 0. The van der Waals surface area contributed by atoms with Gasteiger partial charge in [0.15, 0.2) is 0 Å². The van der Waals surface area contributed by atoms with Gasteiger partial charge in [-0.3, -0.25) is 0 Å². The summed E-state index contributed by atoms with van der Waals surface area (Å²) in [7, 11) is 0. The molecule has 0 aliphatic rings. The first kappa shape index (κ1) is 16.6. The van der Waals surface area contributed by atoms with Gasteiger partial charge in [-0.2, -0.15) is 0 Å². The minimum Gasteiger partial charge on any atom is -0.852 e. The molecule has 3 heteroatoms. The Morgan fingerprint density at radius 2 is 0.778 bits per heavy atom. The Kier molecular flexibility index (Phi) is 22.0. The number of rotatable bonds is 0. The maximum Gasteiger partial charge on any atom is 2.00 e. The topological polar surface area (TPSA) is 46.1 Å². The second-order valence-corrected chi connectivity index (χ2v) is 2.10. The molecule has 0 spiro atoms. The van der Waals surface area contributed by atoms with Crippen LogP contribution < -0.4 is 10.2 Å². The van der Waals surface area contributed by atoms with Crippen molar-refractivity contribution in [2.75, 3.05) is 0 Å². The van der Waals surface area contributed by atoms with Gasteiger partial charge in [-0.05, 0) is 0 Å². The molecule has 0 amide bonds. The van der Waals surface area contributed by atoms with E-state index in [1.807, 2.05) is 0 Å². The van der Waals surface area contributed by atoms with Crippen LogP contribution in [0.4, 0.5) is 0 Å². The molecule has 0 aliphatic heterocycles. The molecule has 0 atom stereocenters. The van der Waals surface area contributed by atoms with Crippen LogP contribution in [0.1, 0.15) is 27.7 Å². The zero-order valence-corrected chi connectivity index (χ0v) is 8.89. The van der Waals surface area contributed by atoms with E-state index in [9.17, 15) is 10.2 Å². The van der Waals surface area contributed by atoms with Gasteiger partial charge in [0.25, 0.3) is 0 Å². The summed E-state index contributed by atoms with van der Waals surface area (Å²) in [5.74, 6) is 0. The van der Waals surface area contributed by atoms with Crippen LogP contribution in [0, 0.1) is 0 Å². The van der Waals surface area contributed by atoms with E-state index in [4.69, 9.17) is 0 Å². The second-order valence-electron chi connectivity index (χ2n) is 2.10. The molecule has 52 valence electrons. The van der Waals surface area contributed by atoms with Crippen LogP contribution in [0.15, 0.2) is 0 Å². The predicted molar refractivity (Wildman–Crippen MR) is 36.0 cm³/mol. The molecule has 0 saturated carbocycles. The molecule has 0 fully saturated rings. The van der Waals surface area contributed by atoms with Crippen molar-refractivity contribution in [1.82, 2.24) is 0 Å². The Bertz CT molecular complexity index is 26.5. The van der Waals surface area contributed by atoms with Crippen LogP contribution in [-0.2, 0) is 0 Å². The summed E-state index contributed by atoms with van der Waals surface area (Å²) in [4.78, 5) is 0. The molecule has 0 aromatic rings. The van der Waals surface area contributed by atoms with Gasteiger partial charge >= 0.3 is 37.7 Å². The van der Waals surface area contributed by atoms with E-state index in [-0.39, 0.29) is 37.7 Å². The van der Waals surface area contributed by atoms with Crippen molar-refractivity contribution < 1.29 is 10.2 Å². The average Bonchev–Trinajstić information content (AvgIpc) is 1.25. The normalized spacial score (nSPS) is 8.00. The van der Waals surface area contributed by atoms with E-state index >= 15 is 0 Å². The molecule has 0 unspecified atom stereocenters. The molecule has 0 bridgehead atoms. The Balaban J connectivity index is -0.0000000720. The second kappa shape index (κ2) is 11.9. The maximum absolute atomic E-state index is 9.53. The van der Waals surface area contributed by atoms with Crippen molar-refractivity contribution in [1.29, 1.82) is 0 Å². The van der Waals surface area contributed by atoms with Gasteiger partial charge in [0.2, 0.25) is 0 Å². The summed E-state index contributed by atoms with van der Waals surface area (Å²) in [5.41, 5.74) is 0. The van der Waals surface area contributed by atoms with E-state index in [0.717, 1.165) is 0 Å². The standard InChI is InChI=1S/2C3H7O.Ca/c2*1-3(2)4;/h2*3H,1-2H3;/q2*-1;+2. The third kappa shape index (κ3) is 340. The number of hydrogen-bond donors (Lipinski definition) is 0. The number of hydrogen-bond acceptors (Lipinski definition) is 2. The maximum atomic E-state index is 9.53. The summed E-state index contributed by atoms with van der Waals surface area (Å²) in [6.07, 6.45) is -0.833. The Hall–Kier alpha value is 1.18. The van der Waals surface area contributed by atoms with E-state index in [1.165, 1.54) is 0 Å². The van der Waals surface area contributed by atoms with Crippen molar-refractivity contribution >= 4 is 37.7 Å². The van der Waals surface area contributed by atoms with E-state index in [1.54, 1.807) is 27.7 Å². The molecule has 0 aliphatic carbocycles. The molecule has 0 aromatic heterocycles. The smallest absolute Gasteiger partial charge is 0.852 e. The molecule has 0 saturated heterocycles. The van der Waals surface area contributed by atoms with Crippen LogP contribution >= 0.6 is 0 Å². The third-order valence-electron chi connectivity index (χ3n) is 0. The first-order valence-electron chi connectivity index (χ1n) is 2.78. The molecular formula is C6H14CaO2. The van der Waals surface area contributed by atoms with Gasteiger partial charge in [-0.25, -0.2) is 0 Å². The van der Waals surface area contributed by atoms with Crippen LogP contribution in [0.25, 0.3) is 0 Å². The fourth-order valence-electron chi connectivity index (χ4n) is 0. The SMILES string of the molecule is CC(C)[O-].CC(C)[O-].[Ca+2]. The van der Waals surface area contributed by atoms with Crippen LogP contribution in [-0.4, -0.2) is 49.9 Å². The van der Waals surface area contributed by atoms with E-state index in [2.05, 4.69) is 0 Å². The molecule has 0 aromatic carbocycles. The average molecular weight is 158 g/mol. The summed E-state index contributed by atoms with van der Waals surface area (Å²) in [6, 6.07) is 0. The van der Waals surface area contributed by atoms with Crippen molar-refractivity contribution in [3.05, 3.63) is 0 Å². The van der Waals surface area contributed by atoms with Crippen molar-refractivity contribution in [2.45, 2.75) is 39.9 Å². The van der Waals surface area contributed by atoms with Crippen molar-refractivity contribution in [2.24, 2.45) is 0 Å². The van der Waals surface area contributed by atoms with Gasteiger partial charge in [0.05, 0.1) is 0 Å². The van der Waals surface area contributed by atoms with Gasteiger partial charge in [-0.1, -0.05) is 27.7 Å². The molecule has 2 nitrogen and oxygen atoms in total. The summed E-state index contributed by atoms with van der Waals surface area (Å²) in [5, 5.41) is 19.1. The van der Waals surface area contributed by atoms with Crippen LogP contribution in [0.5, 0.6) is 0 Å². The van der Waals surface area contributed by atoms with Crippen molar-refractivity contribution in [3.8, 4) is 0 Å². The molecule has 0 N–H and O–H groups in total. The monoisotopic (exact) mass is 158 g/mol. The fraction of sp³-hybridized carbons (Fsp3) is 1.00. The first-order chi connectivity index (χ1) is 3.46. The predicted octanol–water partition coefficient (Wildman–Crippen LogP) is -0.871. The Morgan fingerprint density at radius 1 is 0.778 bits per heavy atom.